The second kappa shape index (κ2) is 6.23. The van der Waals surface area contributed by atoms with Gasteiger partial charge in [-0.25, -0.2) is 4.98 Å². The van der Waals surface area contributed by atoms with Crippen LogP contribution in [0, 0.1) is 6.92 Å². The third-order valence-corrected chi connectivity index (χ3v) is 4.28. The zero-order chi connectivity index (χ0) is 14.7. The normalized spacial score (nSPS) is 12.3. The highest BCUT2D eigenvalue weighted by Gasteiger charge is 2.22. The van der Waals surface area contributed by atoms with Crippen LogP contribution >= 0.6 is 23.1 Å². The maximum absolute atomic E-state index is 12.2. The summed E-state index contributed by atoms with van der Waals surface area (Å²) >= 11 is 2.89. The SMILES string of the molecule is CCSc1nnc(N)n1C(C)C(=O)Nc1nc(C)cs1. The highest BCUT2D eigenvalue weighted by atomic mass is 32.2. The lowest BCUT2D eigenvalue weighted by Crippen LogP contribution is -2.25. The molecule has 20 heavy (non-hydrogen) atoms. The topological polar surface area (TPSA) is 98.7 Å². The molecule has 0 aliphatic rings. The minimum atomic E-state index is -0.497. The van der Waals surface area contributed by atoms with Crippen LogP contribution in [-0.2, 0) is 4.79 Å². The number of thioether (sulfide) groups is 1. The van der Waals surface area contributed by atoms with Crippen LogP contribution in [0.25, 0.3) is 0 Å². The van der Waals surface area contributed by atoms with Gasteiger partial charge in [0.1, 0.15) is 6.04 Å². The van der Waals surface area contributed by atoms with Gasteiger partial charge >= 0.3 is 0 Å². The molecular formula is C11H16N6OS2. The minimum Gasteiger partial charge on any atom is -0.368 e. The highest BCUT2D eigenvalue weighted by molar-refractivity contribution is 7.99. The standard InChI is InChI=1S/C11H16N6OS2/c1-4-19-11-16-15-9(12)17(11)7(3)8(18)14-10-13-6(2)5-20-10/h5,7H,4H2,1-3H3,(H2,12,15)(H,13,14,18). The van der Waals surface area contributed by atoms with Gasteiger partial charge in [-0.15, -0.1) is 21.5 Å². The molecule has 2 aromatic rings. The summed E-state index contributed by atoms with van der Waals surface area (Å²) in [6.45, 7) is 5.64. The molecule has 1 atom stereocenters. The van der Waals surface area contributed by atoms with Crippen LogP contribution in [0.1, 0.15) is 25.6 Å². The highest BCUT2D eigenvalue weighted by Crippen LogP contribution is 2.24. The Balaban J connectivity index is 2.16. The van der Waals surface area contributed by atoms with Gasteiger partial charge in [-0.3, -0.25) is 9.36 Å². The van der Waals surface area contributed by atoms with Crippen LogP contribution < -0.4 is 11.1 Å². The van der Waals surface area contributed by atoms with Crippen molar-refractivity contribution in [3.05, 3.63) is 11.1 Å². The summed E-state index contributed by atoms with van der Waals surface area (Å²) < 4.78 is 1.63. The molecule has 7 nitrogen and oxygen atoms in total. The van der Waals surface area contributed by atoms with Crippen LogP contribution in [0.2, 0.25) is 0 Å². The summed E-state index contributed by atoms with van der Waals surface area (Å²) in [7, 11) is 0. The third kappa shape index (κ3) is 3.10. The number of nitrogens with zero attached hydrogens (tertiary/aromatic N) is 4. The van der Waals surface area contributed by atoms with Gasteiger partial charge in [0.15, 0.2) is 10.3 Å². The molecule has 0 saturated heterocycles. The largest absolute Gasteiger partial charge is 0.368 e. The van der Waals surface area contributed by atoms with E-state index in [0.29, 0.717) is 10.3 Å². The van der Waals surface area contributed by atoms with Crippen molar-refractivity contribution in [2.24, 2.45) is 0 Å². The number of aromatic nitrogens is 4. The summed E-state index contributed by atoms with van der Waals surface area (Å²) in [5, 5.41) is 13.7. The quantitative estimate of drug-likeness (QED) is 0.819. The van der Waals surface area contributed by atoms with E-state index in [0.717, 1.165) is 11.4 Å². The molecule has 1 unspecified atom stereocenters. The summed E-state index contributed by atoms with van der Waals surface area (Å²) in [4.78, 5) is 16.4. The third-order valence-electron chi connectivity index (χ3n) is 2.58. The van der Waals surface area contributed by atoms with E-state index in [9.17, 15) is 4.79 Å². The number of hydrogen-bond donors (Lipinski definition) is 2. The number of nitrogens with one attached hydrogen (secondary N) is 1. The Kier molecular flexibility index (Phi) is 4.61. The maximum atomic E-state index is 12.2. The fourth-order valence-electron chi connectivity index (χ4n) is 1.62. The van der Waals surface area contributed by atoms with Crippen LogP contribution in [0.4, 0.5) is 11.1 Å². The number of rotatable bonds is 5. The Bertz CT molecular complexity index is 608. The molecule has 108 valence electrons. The molecule has 1 amide bonds. The molecule has 2 aromatic heterocycles. The second-order valence-corrected chi connectivity index (χ2v) is 6.19. The second-order valence-electron chi connectivity index (χ2n) is 4.10. The summed E-state index contributed by atoms with van der Waals surface area (Å²) in [6, 6.07) is -0.497. The molecule has 2 heterocycles. The Morgan fingerprint density at radius 3 is 2.95 bits per heavy atom. The first-order valence-electron chi connectivity index (χ1n) is 6.09. The van der Waals surface area contributed by atoms with E-state index in [1.54, 1.807) is 11.5 Å². The van der Waals surface area contributed by atoms with E-state index >= 15 is 0 Å². The summed E-state index contributed by atoms with van der Waals surface area (Å²) in [6.07, 6.45) is 0. The molecular weight excluding hydrogens is 296 g/mol. The zero-order valence-electron chi connectivity index (χ0n) is 11.5. The van der Waals surface area contributed by atoms with E-state index < -0.39 is 6.04 Å². The predicted molar refractivity (Wildman–Crippen MR) is 81.0 cm³/mol. The number of anilines is 2. The van der Waals surface area contributed by atoms with Gasteiger partial charge in [0.25, 0.3) is 0 Å². The van der Waals surface area contributed by atoms with E-state index in [1.165, 1.54) is 23.1 Å². The number of thiazole rings is 1. The molecule has 0 aromatic carbocycles. The molecule has 3 N–H and O–H groups in total. The Morgan fingerprint density at radius 1 is 1.60 bits per heavy atom. The lowest BCUT2D eigenvalue weighted by Gasteiger charge is -2.15. The number of carbonyl (C=O) groups excluding carboxylic acids is 1. The molecule has 0 bridgehead atoms. The first kappa shape index (κ1) is 14.8. The maximum Gasteiger partial charge on any atom is 0.249 e. The number of hydrogen-bond acceptors (Lipinski definition) is 7. The van der Waals surface area contributed by atoms with Crippen molar-refractivity contribution in [3.8, 4) is 0 Å². The van der Waals surface area contributed by atoms with Gasteiger partial charge in [0.05, 0.1) is 5.69 Å². The van der Waals surface area contributed by atoms with Crippen molar-refractivity contribution < 1.29 is 4.79 Å². The molecule has 0 saturated carbocycles. The van der Waals surface area contributed by atoms with Crippen LogP contribution in [0.5, 0.6) is 0 Å². The number of aryl methyl sites for hydroxylation is 1. The van der Waals surface area contributed by atoms with Crippen LogP contribution in [0.15, 0.2) is 10.5 Å². The number of nitrogen functional groups attached to an aromatic ring is 1. The van der Waals surface area contributed by atoms with Gasteiger partial charge < -0.3 is 11.1 Å². The van der Waals surface area contributed by atoms with Crippen molar-refractivity contribution in [2.45, 2.75) is 32.0 Å². The molecule has 2 rings (SSSR count). The molecule has 0 aliphatic carbocycles. The molecule has 9 heteroatoms. The van der Waals surface area contributed by atoms with E-state index in [-0.39, 0.29) is 11.9 Å². The average Bonchev–Trinajstić information content (AvgIpc) is 2.96. The Morgan fingerprint density at radius 2 is 2.35 bits per heavy atom. The number of carbonyl (C=O) groups is 1. The van der Waals surface area contributed by atoms with Crippen molar-refractivity contribution in [1.29, 1.82) is 0 Å². The van der Waals surface area contributed by atoms with Gasteiger partial charge in [-0.2, -0.15) is 0 Å². The van der Waals surface area contributed by atoms with Gasteiger partial charge in [-0.1, -0.05) is 18.7 Å². The predicted octanol–water partition coefficient (Wildman–Crippen LogP) is 1.94. The van der Waals surface area contributed by atoms with Crippen molar-refractivity contribution >= 4 is 40.1 Å². The van der Waals surface area contributed by atoms with Crippen molar-refractivity contribution in [3.63, 3.8) is 0 Å². The fraction of sp³-hybridized carbons (Fsp3) is 0.455. The lowest BCUT2D eigenvalue weighted by molar-refractivity contribution is -0.118. The smallest absolute Gasteiger partial charge is 0.249 e. The molecule has 0 fully saturated rings. The fourth-order valence-corrected chi connectivity index (χ4v) is 3.06. The molecule has 0 radical (unpaired) electrons. The first-order chi connectivity index (χ1) is 9.52. The van der Waals surface area contributed by atoms with Gasteiger partial charge in [0.2, 0.25) is 11.9 Å². The molecule has 0 spiro atoms. The van der Waals surface area contributed by atoms with Crippen LogP contribution in [-0.4, -0.2) is 31.4 Å². The monoisotopic (exact) mass is 312 g/mol. The Hall–Kier alpha value is -1.61. The van der Waals surface area contributed by atoms with E-state index in [4.69, 9.17) is 5.73 Å². The average molecular weight is 312 g/mol. The van der Waals surface area contributed by atoms with E-state index in [2.05, 4.69) is 20.5 Å². The van der Waals surface area contributed by atoms with E-state index in [1.807, 2.05) is 19.2 Å². The molecule has 0 aliphatic heterocycles. The zero-order valence-corrected chi connectivity index (χ0v) is 13.1. The number of nitrogens with two attached hydrogens (primary N) is 1. The Labute approximate surface area is 125 Å². The van der Waals surface area contributed by atoms with Gasteiger partial charge in [0, 0.05) is 5.38 Å². The van der Waals surface area contributed by atoms with Crippen molar-refractivity contribution in [2.75, 3.05) is 16.8 Å². The summed E-state index contributed by atoms with van der Waals surface area (Å²) in [5.41, 5.74) is 6.67. The van der Waals surface area contributed by atoms with Gasteiger partial charge in [-0.05, 0) is 19.6 Å². The van der Waals surface area contributed by atoms with Crippen molar-refractivity contribution in [1.82, 2.24) is 19.7 Å². The minimum absolute atomic E-state index is 0.191. The summed E-state index contributed by atoms with van der Waals surface area (Å²) in [5.74, 6) is 0.876. The van der Waals surface area contributed by atoms with Crippen LogP contribution in [0.3, 0.4) is 0 Å². The first-order valence-corrected chi connectivity index (χ1v) is 7.95. The lowest BCUT2D eigenvalue weighted by atomic mass is 10.3. The number of amides is 1.